The maximum atomic E-state index is 12.1. The minimum atomic E-state index is -0.435. The average Bonchev–Trinajstić information content (AvgIpc) is 3.02. The lowest BCUT2D eigenvalue weighted by molar-refractivity contribution is 0.0952. The molecule has 0 radical (unpaired) electrons. The van der Waals surface area contributed by atoms with E-state index in [1.807, 2.05) is 6.07 Å². The third-order valence-corrected chi connectivity index (χ3v) is 4.43. The van der Waals surface area contributed by atoms with E-state index in [1.165, 1.54) is 22.6 Å². The van der Waals surface area contributed by atoms with E-state index in [1.54, 1.807) is 24.4 Å². The molecule has 4 nitrogen and oxygen atoms in total. The Morgan fingerprint density at radius 1 is 1.00 bits per heavy atom. The Hall–Kier alpha value is -3.14. The zero-order chi connectivity index (χ0) is 16.5. The summed E-state index contributed by atoms with van der Waals surface area (Å²) >= 11 is 0. The minimum Gasteiger partial charge on any atom is -0.507 e. The summed E-state index contributed by atoms with van der Waals surface area (Å²) in [6.45, 7) is 0. The van der Waals surface area contributed by atoms with Gasteiger partial charge in [0.05, 0.1) is 11.8 Å². The number of carbonyl (C=O) groups is 1. The lowest BCUT2D eigenvalue weighted by Crippen LogP contribution is -2.17. The Labute approximate surface area is 139 Å². The van der Waals surface area contributed by atoms with Gasteiger partial charge in [0.15, 0.2) is 0 Å². The molecule has 1 aliphatic carbocycles. The molecule has 0 aromatic heterocycles. The normalized spacial score (nSPS) is 12.8. The van der Waals surface area contributed by atoms with E-state index in [4.69, 9.17) is 0 Å². The van der Waals surface area contributed by atoms with Gasteiger partial charge >= 0.3 is 0 Å². The number of benzene rings is 3. The minimum absolute atomic E-state index is 0.0597. The van der Waals surface area contributed by atoms with Gasteiger partial charge < -0.3 is 5.11 Å². The first-order valence-corrected chi connectivity index (χ1v) is 7.89. The molecule has 0 saturated carbocycles. The van der Waals surface area contributed by atoms with Gasteiger partial charge in [0.2, 0.25) is 0 Å². The number of hydrazone groups is 1. The van der Waals surface area contributed by atoms with Crippen LogP contribution in [0.3, 0.4) is 0 Å². The van der Waals surface area contributed by atoms with Crippen LogP contribution in [0.2, 0.25) is 0 Å². The van der Waals surface area contributed by atoms with Crippen LogP contribution in [-0.2, 0) is 12.8 Å². The van der Waals surface area contributed by atoms with Gasteiger partial charge in [-0.25, -0.2) is 5.43 Å². The molecule has 1 aliphatic rings. The van der Waals surface area contributed by atoms with Crippen LogP contribution in [0.5, 0.6) is 5.75 Å². The Morgan fingerprint density at radius 3 is 2.62 bits per heavy atom. The maximum Gasteiger partial charge on any atom is 0.275 e. The zero-order valence-electron chi connectivity index (χ0n) is 13.0. The van der Waals surface area contributed by atoms with Gasteiger partial charge in [-0.05, 0) is 46.9 Å². The van der Waals surface area contributed by atoms with Crippen LogP contribution in [0.25, 0.3) is 10.8 Å². The zero-order valence-corrected chi connectivity index (χ0v) is 13.0. The van der Waals surface area contributed by atoms with Gasteiger partial charge in [-0.15, -0.1) is 0 Å². The fourth-order valence-corrected chi connectivity index (χ4v) is 3.27. The summed E-state index contributed by atoms with van der Waals surface area (Å²) in [5, 5.41) is 16.2. The van der Waals surface area contributed by atoms with Crippen molar-refractivity contribution in [1.29, 1.82) is 0 Å². The smallest absolute Gasteiger partial charge is 0.275 e. The van der Waals surface area contributed by atoms with Crippen LogP contribution < -0.4 is 5.43 Å². The summed E-state index contributed by atoms with van der Waals surface area (Å²) in [6, 6.07) is 16.9. The Bertz CT molecular complexity index is 966. The summed E-state index contributed by atoms with van der Waals surface area (Å²) in [7, 11) is 0. The van der Waals surface area contributed by atoms with Gasteiger partial charge in [-0.3, -0.25) is 4.79 Å². The van der Waals surface area contributed by atoms with Gasteiger partial charge in [0.1, 0.15) is 5.75 Å². The second kappa shape index (κ2) is 5.81. The molecule has 0 saturated heterocycles. The number of rotatable bonds is 3. The van der Waals surface area contributed by atoms with Crippen molar-refractivity contribution in [2.45, 2.75) is 12.8 Å². The van der Waals surface area contributed by atoms with E-state index in [2.05, 4.69) is 34.8 Å². The number of nitrogens with zero attached hydrogens (tertiary/aromatic N) is 1. The summed E-state index contributed by atoms with van der Waals surface area (Å²) in [6.07, 6.45) is 3.81. The number of aryl methyl sites for hydroxylation is 2. The van der Waals surface area contributed by atoms with Crippen molar-refractivity contribution in [3.63, 3.8) is 0 Å². The van der Waals surface area contributed by atoms with Gasteiger partial charge in [0, 0.05) is 5.56 Å². The second-order valence-corrected chi connectivity index (χ2v) is 5.87. The molecule has 1 amide bonds. The monoisotopic (exact) mass is 316 g/mol. The molecule has 24 heavy (non-hydrogen) atoms. The molecular weight excluding hydrogens is 300 g/mol. The van der Waals surface area contributed by atoms with Crippen LogP contribution >= 0.6 is 0 Å². The highest BCUT2D eigenvalue weighted by Crippen LogP contribution is 2.32. The molecule has 0 fully saturated rings. The molecule has 0 bridgehead atoms. The maximum absolute atomic E-state index is 12.1. The van der Waals surface area contributed by atoms with Crippen LogP contribution in [0, 0.1) is 0 Å². The highest BCUT2D eigenvalue weighted by atomic mass is 16.3. The van der Waals surface area contributed by atoms with E-state index in [9.17, 15) is 9.90 Å². The van der Waals surface area contributed by atoms with E-state index < -0.39 is 5.91 Å². The topological polar surface area (TPSA) is 61.7 Å². The van der Waals surface area contributed by atoms with Gasteiger partial charge in [-0.2, -0.15) is 5.10 Å². The van der Waals surface area contributed by atoms with Crippen molar-refractivity contribution in [2.75, 3.05) is 0 Å². The van der Waals surface area contributed by atoms with Crippen molar-refractivity contribution >= 4 is 22.9 Å². The SMILES string of the molecule is O=C(N/N=C\c1ccc2c3c(cccc13)CC2)c1ccccc1O. The molecule has 0 heterocycles. The average molecular weight is 316 g/mol. The summed E-state index contributed by atoms with van der Waals surface area (Å²) in [4.78, 5) is 12.1. The standard InChI is InChI=1S/C20H16N2O2/c23-18-7-2-1-5-17(18)20(24)22-21-12-15-11-10-14-9-8-13-4-3-6-16(15)19(13)14/h1-7,10-12,23H,8-9H2,(H,22,24)/b21-12-. The Kier molecular flexibility index (Phi) is 3.50. The molecule has 0 unspecified atom stereocenters. The van der Waals surface area contributed by atoms with Crippen molar-refractivity contribution < 1.29 is 9.90 Å². The summed E-state index contributed by atoms with van der Waals surface area (Å²) in [5.74, 6) is -0.495. The molecule has 4 rings (SSSR count). The van der Waals surface area contributed by atoms with Gasteiger partial charge in [-0.1, -0.05) is 42.5 Å². The number of aromatic hydroxyl groups is 1. The molecule has 118 valence electrons. The van der Waals surface area contributed by atoms with E-state index in [0.717, 1.165) is 23.8 Å². The number of hydrogen-bond donors (Lipinski definition) is 2. The number of nitrogens with one attached hydrogen (secondary N) is 1. The first kappa shape index (κ1) is 14.5. The first-order valence-electron chi connectivity index (χ1n) is 7.89. The molecule has 0 atom stereocenters. The van der Waals surface area contributed by atoms with E-state index >= 15 is 0 Å². The number of para-hydroxylation sites is 1. The molecule has 0 spiro atoms. The Morgan fingerprint density at radius 2 is 1.79 bits per heavy atom. The molecule has 3 aromatic rings. The molecular formula is C20H16N2O2. The Balaban J connectivity index is 1.60. The highest BCUT2D eigenvalue weighted by molar-refractivity contribution is 6.04. The fraction of sp³-hybridized carbons (Fsp3) is 0.100. The van der Waals surface area contributed by atoms with E-state index in [0.29, 0.717) is 0 Å². The van der Waals surface area contributed by atoms with Crippen molar-refractivity contribution in [3.05, 3.63) is 76.9 Å². The quantitative estimate of drug-likeness (QED) is 0.574. The van der Waals surface area contributed by atoms with Crippen molar-refractivity contribution in [2.24, 2.45) is 5.10 Å². The predicted molar refractivity (Wildman–Crippen MR) is 94.5 cm³/mol. The molecule has 3 aromatic carbocycles. The molecule has 4 heteroatoms. The van der Waals surface area contributed by atoms with Gasteiger partial charge in [0.25, 0.3) is 5.91 Å². The number of hydrogen-bond acceptors (Lipinski definition) is 3. The fourth-order valence-electron chi connectivity index (χ4n) is 3.27. The largest absolute Gasteiger partial charge is 0.507 e. The number of phenolic OH excluding ortho intramolecular Hbond substituents is 1. The second-order valence-electron chi connectivity index (χ2n) is 5.87. The molecule has 0 aliphatic heterocycles. The summed E-state index contributed by atoms with van der Waals surface area (Å²) in [5.41, 5.74) is 6.38. The van der Waals surface area contributed by atoms with Crippen LogP contribution in [0.15, 0.2) is 59.7 Å². The van der Waals surface area contributed by atoms with Crippen LogP contribution in [-0.4, -0.2) is 17.2 Å². The number of amides is 1. The van der Waals surface area contributed by atoms with E-state index in [-0.39, 0.29) is 11.3 Å². The summed E-state index contributed by atoms with van der Waals surface area (Å²) < 4.78 is 0. The predicted octanol–water partition coefficient (Wildman–Crippen LogP) is 3.41. The van der Waals surface area contributed by atoms with Crippen LogP contribution in [0.1, 0.15) is 27.0 Å². The third kappa shape index (κ3) is 2.42. The third-order valence-electron chi connectivity index (χ3n) is 4.43. The first-order chi connectivity index (χ1) is 11.7. The number of carbonyl (C=O) groups excluding carboxylic acids is 1. The van der Waals surface area contributed by atoms with Crippen molar-refractivity contribution in [1.82, 2.24) is 5.43 Å². The number of phenols is 1. The van der Waals surface area contributed by atoms with Crippen molar-refractivity contribution in [3.8, 4) is 5.75 Å². The molecule has 2 N–H and O–H groups in total. The van der Waals surface area contributed by atoms with Crippen LogP contribution in [0.4, 0.5) is 0 Å². The highest BCUT2D eigenvalue weighted by Gasteiger charge is 2.15. The lowest BCUT2D eigenvalue weighted by atomic mass is 10.0. The lowest BCUT2D eigenvalue weighted by Gasteiger charge is -2.05.